The van der Waals surface area contributed by atoms with Crippen LogP contribution in [-0.2, 0) is 16.0 Å². The SMILES string of the molecule is O=C(Cc1cccc(F)c1)NCC(=O)Nc1ccccc1N1CCCC1. The Labute approximate surface area is 152 Å². The van der Waals surface area contributed by atoms with Gasteiger partial charge in [0, 0.05) is 13.1 Å². The molecule has 3 rings (SSSR count). The molecular formula is C20H22FN3O2. The number of nitrogens with one attached hydrogen (secondary N) is 2. The van der Waals surface area contributed by atoms with E-state index in [-0.39, 0.29) is 30.6 Å². The molecule has 0 spiro atoms. The standard InChI is InChI=1S/C20H22FN3O2/c21-16-7-5-6-15(12-16)13-19(25)22-14-20(26)23-17-8-1-2-9-18(17)24-10-3-4-11-24/h1-2,5-9,12H,3-4,10-11,13-14H2,(H,22,25)(H,23,26). The van der Waals surface area contributed by atoms with Gasteiger partial charge in [-0.15, -0.1) is 0 Å². The first-order valence-corrected chi connectivity index (χ1v) is 8.77. The minimum Gasteiger partial charge on any atom is -0.370 e. The van der Waals surface area contributed by atoms with E-state index in [0.717, 1.165) is 37.3 Å². The molecule has 26 heavy (non-hydrogen) atoms. The summed E-state index contributed by atoms with van der Waals surface area (Å²) in [5, 5.41) is 5.43. The molecule has 0 radical (unpaired) electrons. The fraction of sp³-hybridized carbons (Fsp3) is 0.300. The lowest BCUT2D eigenvalue weighted by atomic mass is 10.1. The largest absolute Gasteiger partial charge is 0.370 e. The molecule has 6 heteroatoms. The molecule has 1 aliphatic heterocycles. The zero-order valence-corrected chi connectivity index (χ0v) is 14.5. The molecule has 0 bridgehead atoms. The third kappa shape index (κ3) is 4.81. The fourth-order valence-electron chi connectivity index (χ4n) is 3.08. The highest BCUT2D eigenvalue weighted by Gasteiger charge is 2.16. The van der Waals surface area contributed by atoms with Crippen LogP contribution in [-0.4, -0.2) is 31.4 Å². The van der Waals surface area contributed by atoms with Gasteiger partial charge in [0.25, 0.3) is 0 Å². The van der Waals surface area contributed by atoms with Crippen molar-refractivity contribution in [2.75, 3.05) is 29.9 Å². The van der Waals surface area contributed by atoms with Gasteiger partial charge in [0.15, 0.2) is 0 Å². The van der Waals surface area contributed by atoms with Gasteiger partial charge in [-0.3, -0.25) is 9.59 Å². The number of para-hydroxylation sites is 2. The van der Waals surface area contributed by atoms with Gasteiger partial charge in [0.05, 0.1) is 24.3 Å². The van der Waals surface area contributed by atoms with Gasteiger partial charge in [0.2, 0.25) is 11.8 Å². The van der Waals surface area contributed by atoms with Crippen LogP contribution >= 0.6 is 0 Å². The lowest BCUT2D eigenvalue weighted by molar-refractivity contribution is -0.123. The predicted octanol–water partition coefficient (Wildman–Crippen LogP) is 2.72. The van der Waals surface area contributed by atoms with Crippen LogP contribution in [0.15, 0.2) is 48.5 Å². The first kappa shape index (κ1) is 17.9. The van der Waals surface area contributed by atoms with E-state index in [1.165, 1.54) is 12.1 Å². The summed E-state index contributed by atoms with van der Waals surface area (Å²) in [6, 6.07) is 13.5. The summed E-state index contributed by atoms with van der Waals surface area (Å²) in [6.07, 6.45) is 2.34. The molecule has 2 aromatic carbocycles. The van der Waals surface area contributed by atoms with Crippen molar-refractivity contribution in [3.8, 4) is 0 Å². The van der Waals surface area contributed by atoms with Crippen molar-refractivity contribution in [2.24, 2.45) is 0 Å². The van der Waals surface area contributed by atoms with Gasteiger partial charge in [0.1, 0.15) is 5.82 Å². The van der Waals surface area contributed by atoms with Crippen LogP contribution in [0.25, 0.3) is 0 Å². The lowest BCUT2D eigenvalue weighted by Crippen LogP contribution is -2.34. The van der Waals surface area contributed by atoms with E-state index < -0.39 is 0 Å². The number of anilines is 2. The normalized spacial score (nSPS) is 13.5. The average Bonchev–Trinajstić information content (AvgIpc) is 3.15. The van der Waals surface area contributed by atoms with E-state index >= 15 is 0 Å². The Morgan fingerprint density at radius 3 is 2.54 bits per heavy atom. The zero-order valence-electron chi connectivity index (χ0n) is 14.5. The van der Waals surface area contributed by atoms with Gasteiger partial charge in [-0.1, -0.05) is 24.3 Å². The highest BCUT2D eigenvalue weighted by molar-refractivity contribution is 5.97. The molecule has 0 aliphatic carbocycles. The monoisotopic (exact) mass is 355 g/mol. The average molecular weight is 355 g/mol. The Kier molecular flexibility index (Phi) is 5.84. The Hall–Kier alpha value is -2.89. The second-order valence-electron chi connectivity index (χ2n) is 6.34. The van der Waals surface area contributed by atoms with Crippen LogP contribution in [0, 0.1) is 5.82 Å². The number of carbonyl (C=O) groups excluding carboxylic acids is 2. The van der Waals surface area contributed by atoms with Crippen molar-refractivity contribution in [1.29, 1.82) is 0 Å². The third-order valence-corrected chi connectivity index (χ3v) is 4.32. The number of nitrogens with zero attached hydrogens (tertiary/aromatic N) is 1. The summed E-state index contributed by atoms with van der Waals surface area (Å²) in [4.78, 5) is 26.4. The topological polar surface area (TPSA) is 61.4 Å². The summed E-state index contributed by atoms with van der Waals surface area (Å²) >= 11 is 0. The highest BCUT2D eigenvalue weighted by Crippen LogP contribution is 2.28. The fourth-order valence-corrected chi connectivity index (χ4v) is 3.08. The van der Waals surface area contributed by atoms with E-state index in [2.05, 4.69) is 15.5 Å². The first-order valence-electron chi connectivity index (χ1n) is 8.77. The Bertz CT molecular complexity index is 788. The zero-order chi connectivity index (χ0) is 18.4. The summed E-state index contributed by atoms with van der Waals surface area (Å²) in [6.45, 7) is 1.84. The molecule has 2 N–H and O–H groups in total. The molecule has 0 saturated carbocycles. The molecule has 0 unspecified atom stereocenters. The highest BCUT2D eigenvalue weighted by atomic mass is 19.1. The van der Waals surface area contributed by atoms with Crippen molar-refractivity contribution in [3.63, 3.8) is 0 Å². The predicted molar refractivity (Wildman–Crippen MR) is 99.6 cm³/mol. The third-order valence-electron chi connectivity index (χ3n) is 4.32. The van der Waals surface area contributed by atoms with Crippen LogP contribution in [0.2, 0.25) is 0 Å². The number of carbonyl (C=O) groups is 2. The molecule has 5 nitrogen and oxygen atoms in total. The van der Waals surface area contributed by atoms with Gasteiger partial charge in [-0.25, -0.2) is 4.39 Å². The Balaban J connectivity index is 1.52. The summed E-state index contributed by atoms with van der Waals surface area (Å²) in [5.74, 6) is -0.991. The lowest BCUT2D eigenvalue weighted by Gasteiger charge is -2.21. The molecule has 2 aromatic rings. The van der Waals surface area contributed by atoms with Gasteiger partial charge in [-0.05, 0) is 42.7 Å². The van der Waals surface area contributed by atoms with Crippen molar-refractivity contribution in [3.05, 3.63) is 59.9 Å². The minimum absolute atomic E-state index is 0.0371. The number of benzene rings is 2. The first-order chi connectivity index (χ1) is 12.6. The molecule has 0 atom stereocenters. The van der Waals surface area contributed by atoms with Crippen LogP contribution in [0.3, 0.4) is 0 Å². The van der Waals surface area contributed by atoms with Crippen molar-refractivity contribution >= 4 is 23.2 Å². The molecular weight excluding hydrogens is 333 g/mol. The van der Waals surface area contributed by atoms with Crippen molar-refractivity contribution in [1.82, 2.24) is 5.32 Å². The number of rotatable bonds is 6. The van der Waals surface area contributed by atoms with E-state index in [9.17, 15) is 14.0 Å². The maximum absolute atomic E-state index is 13.1. The van der Waals surface area contributed by atoms with E-state index in [1.54, 1.807) is 12.1 Å². The minimum atomic E-state index is -0.383. The maximum Gasteiger partial charge on any atom is 0.243 e. The molecule has 136 valence electrons. The molecule has 1 aliphatic rings. The number of hydrogen-bond acceptors (Lipinski definition) is 3. The van der Waals surface area contributed by atoms with Crippen LogP contribution in [0.1, 0.15) is 18.4 Å². The molecule has 1 fully saturated rings. The van der Waals surface area contributed by atoms with Gasteiger partial charge in [-0.2, -0.15) is 0 Å². The van der Waals surface area contributed by atoms with E-state index in [0.29, 0.717) is 5.56 Å². The van der Waals surface area contributed by atoms with Crippen LogP contribution < -0.4 is 15.5 Å². The molecule has 0 aromatic heterocycles. The van der Waals surface area contributed by atoms with Crippen molar-refractivity contribution in [2.45, 2.75) is 19.3 Å². The van der Waals surface area contributed by atoms with Crippen molar-refractivity contribution < 1.29 is 14.0 Å². The second-order valence-corrected chi connectivity index (χ2v) is 6.34. The Morgan fingerprint density at radius 2 is 1.77 bits per heavy atom. The quantitative estimate of drug-likeness (QED) is 0.838. The Morgan fingerprint density at radius 1 is 1.00 bits per heavy atom. The summed E-state index contributed by atoms with van der Waals surface area (Å²) < 4.78 is 13.1. The van der Waals surface area contributed by atoms with E-state index in [1.807, 2.05) is 24.3 Å². The summed E-state index contributed by atoms with van der Waals surface area (Å²) in [5.41, 5.74) is 2.32. The molecule has 1 heterocycles. The molecule has 2 amide bonds. The second kappa shape index (κ2) is 8.47. The number of halogens is 1. The smallest absolute Gasteiger partial charge is 0.243 e. The summed E-state index contributed by atoms with van der Waals surface area (Å²) in [7, 11) is 0. The number of amides is 2. The van der Waals surface area contributed by atoms with E-state index in [4.69, 9.17) is 0 Å². The molecule has 1 saturated heterocycles. The van der Waals surface area contributed by atoms with Gasteiger partial charge >= 0.3 is 0 Å². The number of hydrogen-bond donors (Lipinski definition) is 2. The van der Waals surface area contributed by atoms with Gasteiger partial charge < -0.3 is 15.5 Å². The maximum atomic E-state index is 13.1. The van der Waals surface area contributed by atoms with Crippen LogP contribution in [0.4, 0.5) is 15.8 Å². The van der Waals surface area contributed by atoms with Crippen LogP contribution in [0.5, 0.6) is 0 Å².